The summed E-state index contributed by atoms with van der Waals surface area (Å²) >= 11 is 0.710. The van der Waals surface area contributed by atoms with Gasteiger partial charge in [-0.05, 0) is 36.0 Å². The van der Waals surface area contributed by atoms with Crippen LogP contribution in [0.15, 0.2) is 53.4 Å². The van der Waals surface area contributed by atoms with Crippen LogP contribution < -0.4 is 4.90 Å². The maximum absolute atomic E-state index is 13.8. The Bertz CT molecular complexity index is 803. The lowest BCUT2D eigenvalue weighted by Gasteiger charge is -2.12. The maximum Gasteiger partial charge on any atom is 0.298 e. The van der Waals surface area contributed by atoms with Gasteiger partial charge in [0, 0.05) is 5.56 Å². The number of para-hydroxylation sites is 2. The minimum atomic E-state index is -0.645. The molecule has 0 spiro atoms. The fourth-order valence-electron chi connectivity index (χ4n) is 2.06. The first-order chi connectivity index (χ1) is 10.6. The molecule has 0 saturated carbocycles. The zero-order valence-corrected chi connectivity index (χ0v) is 12.0. The third kappa shape index (κ3) is 2.48. The summed E-state index contributed by atoms with van der Waals surface area (Å²) in [5.41, 5.74) is 0.340. The van der Waals surface area contributed by atoms with Crippen LogP contribution in [0.4, 0.5) is 14.9 Å². The van der Waals surface area contributed by atoms with Crippen LogP contribution in [-0.2, 0) is 4.79 Å². The molecule has 1 aliphatic rings. The molecule has 0 aromatic heterocycles. The Morgan fingerprint density at radius 2 is 1.73 bits per heavy atom. The van der Waals surface area contributed by atoms with Crippen molar-refractivity contribution < 1.29 is 19.1 Å². The number of benzene rings is 2. The second-order valence-corrected chi connectivity index (χ2v) is 5.52. The topological polar surface area (TPSA) is 57.6 Å². The second-order valence-electron chi connectivity index (χ2n) is 4.53. The molecule has 22 heavy (non-hydrogen) atoms. The highest BCUT2D eigenvalue weighted by Gasteiger charge is 2.37. The molecule has 0 aliphatic carbocycles. The van der Waals surface area contributed by atoms with Gasteiger partial charge in [-0.15, -0.1) is 0 Å². The number of nitrogens with zero attached hydrogens (tertiary/aromatic N) is 1. The number of thioether (sulfide) groups is 1. The van der Waals surface area contributed by atoms with Crippen LogP contribution in [0.1, 0.15) is 5.56 Å². The van der Waals surface area contributed by atoms with Gasteiger partial charge in [-0.3, -0.25) is 9.59 Å². The quantitative estimate of drug-likeness (QED) is 0.857. The van der Waals surface area contributed by atoms with Gasteiger partial charge in [0.15, 0.2) is 0 Å². The number of aromatic hydroxyl groups is 1. The molecule has 110 valence electrons. The lowest BCUT2D eigenvalue weighted by atomic mass is 10.2. The highest BCUT2D eigenvalue weighted by Crippen LogP contribution is 2.37. The molecule has 0 unspecified atom stereocenters. The zero-order valence-electron chi connectivity index (χ0n) is 11.2. The van der Waals surface area contributed by atoms with E-state index in [1.807, 2.05) is 0 Å². The maximum atomic E-state index is 13.8. The van der Waals surface area contributed by atoms with Gasteiger partial charge in [-0.25, -0.2) is 9.29 Å². The normalized spacial score (nSPS) is 16.6. The predicted octanol–water partition coefficient (Wildman–Crippen LogP) is 3.77. The van der Waals surface area contributed by atoms with Crippen LogP contribution in [0.25, 0.3) is 6.08 Å². The number of amides is 2. The first-order valence-corrected chi connectivity index (χ1v) is 7.20. The van der Waals surface area contributed by atoms with E-state index in [0.717, 1.165) is 4.90 Å². The Morgan fingerprint density at radius 1 is 1.05 bits per heavy atom. The number of hydrogen-bond donors (Lipinski definition) is 1. The van der Waals surface area contributed by atoms with Gasteiger partial charge in [0.25, 0.3) is 11.1 Å². The van der Waals surface area contributed by atoms with Gasteiger partial charge in [0.05, 0.1) is 10.6 Å². The van der Waals surface area contributed by atoms with Crippen molar-refractivity contribution in [1.29, 1.82) is 0 Å². The first-order valence-electron chi connectivity index (χ1n) is 6.38. The smallest absolute Gasteiger partial charge is 0.298 e. The van der Waals surface area contributed by atoms with E-state index in [4.69, 9.17) is 0 Å². The number of phenols is 1. The summed E-state index contributed by atoms with van der Waals surface area (Å²) in [4.78, 5) is 25.3. The first kappa shape index (κ1) is 14.3. The molecule has 0 radical (unpaired) electrons. The van der Waals surface area contributed by atoms with Gasteiger partial charge in [-0.2, -0.15) is 0 Å². The van der Waals surface area contributed by atoms with Crippen LogP contribution in [-0.4, -0.2) is 16.3 Å². The zero-order chi connectivity index (χ0) is 15.7. The van der Waals surface area contributed by atoms with Crippen molar-refractivity contribution in [2.24, 2.45) is 0 Å². The van der Waals surface area contributed by atoms with Crippen molar-refractivity contribution in [3.8, 4) is 5.75 Å². The molecule has 6 heteroatoms. The number of rotatable bonds is 2. The summed E-state index contributed by atoms with van der Waals surface area (Å²) in [6, 6.07) is 12.0. The van der Waals surface area contributed by atoms with Crippen molar-refractivity contribution in [1.82, 2.24) is 0 Å². The minimum absolute atomic E-state index is 0.000177. The molecule has 2 aromatic rings. The van der Waals surface area contributed by atoms with Gasteiger partial charge < -0.3 is 5.11 Å². The number of carbonyl (C=O) groups excluding carboxylic acids is 2. The molecule has 1 saturated heterocycles. The molecule has 0 atom stereocenters. The van der Waals surface area contributed by atoms with Crippen LogP contribution in [0.5, 0.6) is 5.75 Å². The van der Waals surface area contributed by atoms with Crippen LogP contribution in [0, 0.1) is 5.82 Å². The summed E-state index contributed by atoms with van der Waals surface area (Å²) in [6.45, 7) is 0. The molecule has 1 heterocycles. The summed E-state index contributed by atoms with van der Waals surface area (Å²) in [6.07, 6.45) is 1.42. The standard InChI is InChI=1S/C16H10FNO3S/c17-11-6-2-3-7-12(11)18-15(20)14(22-16(18)21)9-10-5-1-4-8-13(10)19/h1-9,19H/b14-9-. The van der Waals surface area contributed by atoms with Gasteiger partial charge in [0.2, 0.25) is 0 Å². The van der Waals surface area contributed by atoms with Crippen molar-refractivity contribution >= 4 is 34.7 Å². The Morgan fingerprint density at radius 3 is 2.45 bits per heavy atom. The van der Waals surface area contributed by atoms with E-state index in [1.165, 1.54) is 30.3 Å². The number of halogens is 1. The Balaban J connectivity index is 1.99. The summed E-state index contributed by atoms with van der Waals surface area (Å²) in [5.74, 6) is -1.25. The van der Waals surface area contributed by atoms with Gasteiger partial charge in [0.1, 0.15) is 11.6 Å². The number of imide groups is 1. The highest BCUT2D eigenvalue weighted by atomic mass is 32.2. The molecular weight excluding hydrogens is 305 g/mol. The third-order valence-electron chi connectivity index (χ3n) is 3.11. The lowest BCUT2D eigenvalue weighted by Crippen LogP contribution is -2.28. The average Bonchev–Trinajstić information content (AvgIpc) is 2.77. The fraction of sp³-hybridized carbons (Fsp3) is 0. The van der Waals surface area contributed by atoms with E-state index >= 15 is 0 Å². The van der Waals surface area contributed by atoms with Crippen LogP contribution >= 0.6 is 11.8 Å². The molecule has 1 aliphatic heterocycles. The predicted molar refractivity (Wildman–Crippen MR) is 83.0 cm³/mol. The SMILES string of the molecule is O=C1S/C(=C\c2ccccc2O)C(=O)N1c1ccccc1F. The van der Waals surface area contributed by atoms with E-state index in [2.05, 4.69) is 0 Å². The molecule has 2 amide bonds. The largest absolute Gasteiger partial charge is 0.507 e. The molecular formula is C16H10FNO3S. The van der Waals surface area contributed by atoms with E-state index < -0.39 is 17.0 Å². The van der Waals surface area contributed by atoms with E-state index in [9.17, 15) is 19.1 Å². The van der Waals surface area contributed by atoms with Gasteiger partial charge in [-0.1, -0.05) is 30.3 Å². The minimum Gasteiger partial charge on any atom is -0.507 e. The second kappa shape index (κ2) is 5.65. The molecule has 2 aromatic carbocycles. The van der Waals surface area contributed by atoms with Crippen molar-refractivity contribution in [3.05, 3.63) is 64.8 Å². The summed E-state index contributed by atoms with van der Waals surface area (Å²) in [7, 11) is 0. The number of phenolic OH excluding ortho intramolecular Hbond substituents is 1. The van der Waals surface area contributed by atoms with Crippen molar-refractivity contribution in [2.45, 2.75) is 0 Å². The van der Waals surface area contributed by atoms with Gasteiger partial charge >= 0.3 is 0 Å². The average molecular weight is 315 g/mol. The summed E-state index contributed by atoms with van der Waals surface area (Å²) < 4.78 is 13.8. The molecule has 3 rings (SSSR count). The van der Waals surface area contributed by atoms with E-state index in [1.54, 1.807) is 24.3 Å². The van der Waals surface area contributed by atoms with Crippen molar-refractivity contribution in [3.63, 3.8) is 0 Å². The molecule has 1 fully saturated rings. The Kier molecular flexibility index (Phi) is 3.68. The monoisotopic (exact) mass is 315 g/mol. The number of anilines is 1. The summed E-state index contributed by atoms with van der Waals surface area (Å²) in [5, 5.41) is 9.15. The van der Waals surface area contributed by atoms with E-state index in [0.29, 0.717) is 17.3 Å². The number of hydrogen-bond acceptors (Lipinski definition) is 4. The molecule has 4 nitrogen and oxygen atoms in total. The lowest BCUT2D eigenvalue weighted by molar-refractivity contribution is -0.113. The van der Waals surface area contributed by atoms with Crippen LogP contribution in [0.3, 0.4) is 0 Å². The van der Waals surface area contributed by atoms with Crippen molar-refractivity contribution in [2.75, 3.05) is 4.90 Å². The molecule has 1 N–H and O–H groups in total. The Labute approximate surface area is 129 Å². The fourth-order valence-corrected chi connectivity index (χ4v) is 2.88. The highest BCUT2D eigenvalue weighted by molar-refractivity contribution is 8.19. The molecule has 0 bridgehead atoms. The third-order valence-corrected chi connectivity index (χ3v) is 3.98. The Hall–Kier alpha value is -2.60. The number of carbonyl (C=O) groups is 2. The van der Waals surface area contributed by atoms with E-state index in [-0.39, 0.29) is 16.3 Å². The van der Waals surface area contributed by atoms with Crippen LogP contribution in [0.2, 0.25) is 0 Å².